The van der Waals surface area contributed by atoms with Gasteiger partial charge in [-0.1, -0.05) is 7.43 Å². The molecule has 1 unspecified atom stereocenters. The molecular weight excluding hydrogens is 144 g/mol. The lowest BCUT2D eigenvalue weighted by Gasteiger charge is -2.08. The van der Waals surface area contributed by atoms with Crippen molar-refractivity contribution in [2.24, 2.45) is 5.73 Å². The van der Waals surface area contributed by atoms with E-state index >= 15 is 0 Å². The fraction of sp³-hybridized carbons (Fsp3) is 0.714. The zero-order chi connectivity index (χ0) is 8.15. The molecule has 0 radical (unpaired) electrons. The Morgan fingerprint density at radius 2 is 2.00 bits per heavy atom. The molecule has 0 aliphatic carbocycles. The van der Waals surface area contributed by atoms with Gasteiger partial charge in [-0.05, 0) is 14.0 Å². The maximum absolute atomic E-state index is 10.6. The first kappa shape index (κ1) is 12.7. The van der Waals surface area contributed by atoms with Gasteiger partial charge in [0.25, 0.3) is 0 Å². The van der Waals surface area contributed by atoms with Crippen molar-refractivity contribution in [1.82, 2.24) is 5.32 Å². The lowest BCUT2D eigenvalue weighted by molar-refractivity contribution is -0.124. The van der Waals surface area contributed by atoms with E-state index in [2.05, 4.69) is 5.32 Å². The Morgan fingerprint density at radius 1 is 1.55 bits per heavy atom. The van der Waals surface area contributed by atoms with E-state index in [9.17, 15) is 9.59 Å². The van der Waals surface area contributed by atoms with Crippen molar-refractivity contribution in [3.05, 3.63) is 0 Å². The van der Waals surface area contributed by atoms with E-state index in [-0.39, 0.29) is 19.6 Å². The van der Waals surface area contributed by atoms with Crippen LogP contribution in [-0.4, -0.2) is 24.8 Å². The van der Waals surface area contributed by atoms with Crippen LogP contribution in [0.15, 0.2) is 0 Å². The zero-order valence-corrected chi connectivity index (χ0v) is 6.18. The molecule has 0 saturated heterocycles. The summed E-state index contributed by atoms with van der Waals surface area (Å²) in [6, 6.07) is -0.419. The Kier molecular flexibility index (Phi) is 6.78. The molecule has 1 atom stereocenters. The quantitative estimate of drug-likeness (QED) is 0.591. The summed E-state index contributed by atoms with van der Waals surface area (Å²) in [6.45, 7) is 1.42. The van der Waals surface area contributed by atoms with Crippen LogP contribution < -0.4 is 11.1 Å². The van der Waals surface area contributed by atoms with E-state index < -0.39 is 11.9 Å². The Balaban J connectivity index is 0. The third-order valence-corrected chi connectivity index (χ3v) is 1.24. The predicted octanol–water partition coefficient (Wildman–Crippen LogP) is -0.325. The summed E-state index contributed by atoms with van der Waals surface area (Å²) in [6.07, 6.45) is 0.0752. The lowest BCUT2D eigenvalue weighted by atomic mass is 10.1. The van der Waals surface area contributed by atoms with Gasteiger partial charge in [0.05, 0.1) is 6.04 Å². The zero-order valence-electron chi connectivity index (χ0n) is 6.18. The van der Waals surface area contributed by atoms with Gasteiger partial charge in [0.1, 0.15) is 5.78 Å². The van der Waals surface area contributed by atoms with Crippen LogP contribution in [0.5, 0.6) is 0 Å². The van der Waals surface area contributed by atoms with Crippen molar-refractivity contribution in [1.29, 1.82) is 0 Å². The third kappa shape index (κ3) is 5.54. The van der Waals surface area contributed by atoms with E-state index in [1.54, 1.807) is 7.05 Å². The molecule has 66 valence electrons. The van der Waals surface area contributed by atoms with Gasteiger partial charge in [-0.25, -0.2) is 0 Å². The summed E-state index contributed by atoms with van der Waals surface area (Å²) < 4.78 is 0. The minimum Gasteiger partial charge on any atom is -0.370 e. The molecule has 0 aromatic rings. The topological polar surface area (TPSA) is 72.2 Å². The van der Waals surface area contributed by atoms with Gasteiger partial charge in [0.15, 0.2) is 0 Å². The first-order valence-electron chi connectivity index (χ1n) is 3.04. The number of amides is 1. The first-order chi connectivity index (χ1) is 4.57. The van der Waals surface area contributed by atoms with E-state index in [0.717, 1.165) is 0 Å². The molecule has 11 heavy (non-hydrogen) atoms. The number of hydrogen-bond acceptors (Lipinski definition) is 3. The minimum absolute atomic E-state index is 0. The molecule has 0 spiro atoms. The van der Waals surface area contributed by atoms with Crippen LogP contribution in [0.3, 0.4) is 0 Å². The van der Waals surface area contributed by atoms with Crippen molar-refractivity contribution >= 4 is 11.7 Å². The maximum Gasteiger partial charge on any atom is 0.219 e. The molecule has 0 rings (SSSR count). The number of rotatable bonds is 4. The van der Waals surface area contributed by atoms with E-state index in [0.29, 0.717) is 0 Å². The highest BCUT2D eigenvalue weighted by Crippen LogP contribution is 1.90. The number of ketones is 1. The SMILES string of the molecule is C.CNC(CC(N)=O)C(C)=O. The molecule has 0 fully saturated rings. The van der Waals surface area contributed by atoms with Gasteiger partial charge in [-0.2, -0.15) is 0 Å². The highest BCUT2D eigenvalue weighted by molar-refractivity contribution is 5.87. The monoisotopic (exact) mass is 160 g/mol. The number of carbonyl (C=O) groups is 2. The molecule has 0 aliphatic heterocycles. The normalized spacial score (nSPS) is 11.5. The maximum atomic E-state index is 10.6. The van der Waals surface area contributed by atoms with Crippen LogP contribution in [0, 0.1) is 0 Å². The number of likely N-dealkylation sites (N-methyl/N-ethyl adjacent to an activating group) is 1. The number of primary amides is 1. The van der Waals surface area contributed by atoms with Gasteiger partial charge in [-0.3, -0.25) is 9.59 Å². The second-order valence-electron chi connectivity index (χ2n) is 2.12. The smallest absolute Gasteiger partial charge is 0.219 e. The highest BCUT2D eigenvalue weighted by atomic mass is 16.1. The molecule has 0 saturated carbocycles. The number of hydrogen-bond donors (Lipinski definition) is 2. The molecule has 0 heterocycles. The molecule has 3 N–H and O–H groups in total. The summed E-state index contributed by atoms with van der Waals surface area (Å²) in [5.74, 6) is -0.532. The highest BCUT2D eigenvalue weighted by Gasteiger charge is 2.13. The van der Waals surface area contributed by atoms with Crippen molar-refractivity contribution in [3.8, 4) is 0 Å². The van der Waals surface area contributed by atoms with Gasteiger partial charge < -0.3 is 11.1 Å². The number of nitrogens with two attached hydrogens (primary N) is 1. The van der Waals surface area contributed by atoms with E-state index in [1.165, 1.54) is 6.92 Å². The second-order valence-corrected chi connectivity index (χ2v) is 2.12. The lowest BCUT2D eigenvalue weighted by Crippen LogP contribution is -2.36. The molecule has 0 aromatic heterocycles. The Bertz CT molecular complexity index is 145. The van der Waals surface area contributed by atoms with Crippen LogP contribution in [0.2, 0.25) is 0 Å². The molecule has 4 heteroatoms. The van der Waals surface area contributed by atoms with Gasteiger partial charge in [0, 0.05) is 6.42 Å². The van der Waals surface area contributed by atoms with Gasteiger partial charge in [0.2, 0.25) is 5.91 Å². The van der Waals surface area contributed by atoms with E-state index in [1.807, 2.05) is 0 Å². The van der Waals surface area contributed by atoms with Gasteiger partial charge >= 0.3 is 0 Å². The van der Waals surface area contributed by atoms with E-state index in [4.69, 9.17) is 5.73 Å². The third-order valence-electron chi connectivity index (χ3n) is 1.24. The summed E-state index contributed by atoms with van der Waals surface area (Å²) in [5.41, 5.74) is 4.88. The average molecular weight is 160 g/mol. The van der Waals surface area contributed by atoms with Crippen LogP contribution in [0.4, 0.5) is 0 Å². The standard InChI is InChI=1S/C6H12N2O2.CH4/c1-4(9)5(8-2)3-6(7)10;/h5,8H,3H2,1-2H3,(H2,7,10);1H4. The molecular formula is C7H16N2O2. The first-order valence-corrected chi connectivity index (χ1v) is 3.04. The van der Waals surface area contributed by atoms with Crippen LogP contribution in [0.1, 0.15) is 20.8 Å². The van der Waals surface area contributed by atoms with Crippen molar-refractivity contribution in [2.45, 2.75) is 26.8 Å². The molecule has 0 aromatic carbocycles. The summed E-state index contributed by atoms with van der Waals surface area (Å²) in [4.78, 5) is 20.9. The van der Waals surface area contributed by atoms with Crippen molar-refractivity contribution < 1.29 is 9.59 Å². The number of Topliss-reactive ketones (excluding diaryl/α,β-unsaturated/α-hetero) is 1. The predicted molar refractivity (Wildman–Crippen MR) is 44.1 cm³/mol. The number of nitrogens with one attached hydrogen (secondary N) is 1. The minimum atomic E-state index is -0.463. The fourth-order valence-corrected chi connectivity index (χ4v) is 0.650. The Morgan fingerprint density at radius 3 is 2.09 bits per heavy atom. The molecule has 4 nitrogen and oxygen atoms in total. The van der Waals surface area contributed by atoms with Crippen LogP contribution in [-0.2, 0) is 9.59 Å². The van der Waals surface area contributed by atoms with Crippen molar-refractivity contribution in [2.75, 3.05) is 7.05 Å². The summed E-state index contributed by atoms with van der Waals surface area (Å²) in [5, 5.41) is 2.68. The van der Waals surface area contributed by atoms with Crippen molar-refractivity contribution in [3.63, 3.8) is 0 Å². The van der Waals surface area contributed by atoms with Gasteiger partial charge in [-0.15, -0.1) is 0 Å². The molecule has 0 bridgehead atoms. The summed E-state index contributed by atoms with van der Waals surface area (Å²) >= 11 is 0. The number of carbonyl (C=O) groups excluding carboxylic acids is 2. The Labute approximate surface area is 67.1 Å². The molecule has 0 aliphatic rings. The largest absolute Gasteiger partial charge is 0.370 e. The summed E-state index contributed by atoms with van der Waals surface area (Å²) in [7, 11) is 1.62. The molecule has 1 amide bonds. The Hall–Kier alpha value is -0.900. The fourth-order valence-electron chi connectivity index (χ4n) is 0.650. The second kappa shape index (κ2) is 5.85. The van der Waals surface area contributed by atoms with Crippen LogP contribution >= 0.6 is 0 Å². The average Bonchev–Trinajstić information content (AvgIpc) is 1.81. The van der Waals surface area contributed by atoms with Crippen LogP contribution in [0.25, 0.3) is 0 Å².